The minimum absolute atomic E-state index is 0.0452. The molecule has 0 bridgehead atoms. The van der Waals surface area contributed by atoms with Gasteiger partial charge in [-0.1, -0.05) is 6.07 Å². The quantitative estimate of drug-likeness (QED) is 0.875. The lowest BCUT2D eigenvalue weighted by molar-refractivity contribution is -0.182. The van der Waals surface area contributed by atoms with Crippen molar-refractivity contribution < 1.29 is 18.0 Å². The molecular weight excluding hydrogens is 297 g/mol. The molecule has 122 valence electrons. The molecule has 1 aliphatic rings. The third-order valence-corrected chi connectivity index (χ3v) is 3.72. The van der Waals surface area contributed by atoms with Gasteiger partial charge in [-0.15, -0.1) is 0 Å². The lowest BCUT2D eigenvalue weighted by Crippen LogP contribution is -2.40. The molecule has 22 heavy (non-hydrogen) atoms. The van der Waals surface area contributed by atoms with Crippen LogP contribution in [0, 0.1) is 11.8 Å². The van der Waals surface area contributed by atoms with Crippen LogP contribution in [0.4, 0.5) is 19.0 Å². The highest BCUT2D eigenvalue weighted by molar-refractivity contribution is 5.79. The molecule has 1 aromatic heterocycles. The molecule has 0 saturated carbocycles. The van der Waals surface area contributed by atoms with Gasteiger partial charge in [0.25, 0.3) is 0 Å². The number of aromatic nitrogens is 1. The molecule has 1 fully saturated rings. The van der Waals surface area contributed by atoms with Crippen LogP contribution in [0.3, 0.4) is 0 Å². The molecule has 0 spiro atoms. The fourth-order valence-electron chi connectivity index (χ4n) is 2.58. The van der Waals surface area contributed by atoms with Crippen LogP contribution in [0.5, 0.6) is 0 Å². The first kappa shape index (κ1) is 16.5. The number of nitrogens with one attached hydrogen (secondary N) is 2. The predicted molar refractivity (Wildman–Crippen MR) is 76.3 cm³/mol. The number of alkyl halides is 3. The largest absolute Gasteiger partial charge is 0.393 e. The fraction of sp³-hybridized carbons (Fsp3) is 0.571. The van der Waals surface area contributed by atoms with E-state index in [1.165, 1.54) is 0 Å². The van der Waals surface area contributed by atoms with Crippen LogP contribution in [-0.2, 0) is 11.3 Å². The Morgan fingerprint density at radius 1 is 1.45 bits per heavy atom. The number of rotatable bonds is 4. The zero-order chi connectivity index (χ0) is 16.3. The van der Waals surface area contributed by atoms with Crippen molar-refractivity contribution in [1.29, 1.82) is 0 Å². The van der Waals surface area contributed by atoms with Gasteiger partial charge in [0, 0.05) is 45.5 Å². The molecule has 8 heteroatoms. The predicted octanol–water partition coefficient (Wildman–Crippen LogP) is 1.16. The molecule has 0 radical (unpaired) electrons. The summed E-state index contributed by atoms with van der Waals surface area (Å²) >= 11 is 0. The molecule has 0 aliphatic carbocycles. The molecule has 2 heterocycles. The second kappa shape index (κ2) is 6.51. The normalized spacial score (nSPS) is 21.7. The maximum absolute atomic E-state index is 12.9. The molecule has 1 aliphatic heterocycles. The van der Waals surface area contributed by atoms with E-state index in [1.54, 1.807) is 23.2 Å². The molecular formula is C14H19F3N4O. The second-order valence-corrected chi connectivity index (χ2v) is 5.51. The van der Waals surface area contributed by atoms with Gasteiger partial charge >= 0.3 is 6.18 Å². The van der Waals surface area contributed by atoms with Crippen LogP contribution in [0.1, 0.15) is 5.56 Å². The highest BCUT2D eigenvalue weighted by Crippen LogP contribution is 2.34. The molecule has 2 atom stereocenters. The Morgan fingerprint density at radius 3 is 2.82 bits per heavy atom. The maximum Gasteiger partial charge on any atom is 0.393 e. The first-order valence-electron chi connectivity index (χ1n) is 6.97. The smallest absolute Gasteiger partial charge is 0.362 e. The number of pyridine rings is 1. The van der Waals surface area contributed by atoms with Crippen molar-refractivity contribution >= 4 is 11.7 Å². The van der Waals surface area contributed by atoms with Crippen LogP contribution in [0.2, 0.25) is 0 Å². The van der Waals surface area contributed by atoms with Crippen molar-refractivity contribution in [2.45, 2.75) is 12.7 Å². The van der Waals surface area contributed by atoms with E-state index >= 15 is 0 Å². The Labute approximate surface area is 126 Å². The van der Waals surface area contributed by atoms with Crippen LogP contribution in [0.15, 0.2) is 18.3 Å². The van der Waals surface area contributed by atoms with Crippen molar-refractivity contribution in [2.75, 3.05) is 32.1 Å². The number of hydrogen-bond acceptors (Lipinski definition) is 4. The van der Waals surface area contributed by atoms with E-state index in [0.29, 0.717) is 5.82 Å². The highest BCUT2D eigenvalue weighted by Gasteiger charge is 2.49. The van der Waals surface area contributed by atoms with Gasteiger partial charge in [-0.3, -0.25) is 4.79 Å². The fourth-order valence-corrected chi connectivity index (χ4v) is 2.58. The molecule has 5 nitrogen and oxygen atoms in total. The average molecular weight is 316 g/mol. The lowest BCUT2D eigenvalue weighted by Gasteiger charge is -2.21. The summed E-state index contributed by atoms with van der Waals surface area (Å²) in [7, 11) is 3.63. The molecule has 1 aromatic rings. The van der Waals surface area contributed by atoms with Gasteiger partial charge in [0.05, 0.1) is 11.8 Å². The number of halogens is 3. The molecule has 1 amide bonds. The van der Waals surface area contributed by atoms with Crippen molar-refractivity contribution in [2.24, 2.45) is 11.8 Å². The Balaban J connectivity index is 2.02. The molecule has 2 rings (SSSR count). The summed E-state index contributed by atoms with van der Waals surface area (Å²) < 4.78 is 38.6. The Hall–Kier alpha value is -1.83. The van der Waals surface area contributed by atoms with Crippen molar-refractivity contribution in [3.63, 3.8) is 0 Å². The third kappa shape index (κ3) is 3.68. The van der Waals surface area contributed by atoms with Gasteiger partial charge in [-0.2, -0.15) is 13.2 Å². The summed E-state index contributed by atoms with van der Waals surface area (Å²) in [6, 6.07) is 3.51. The number of carbonyl (C=O) groups excluding carboxylic acids is 1. The van der Waals surface area contributed by atoms with Crippen LogP contribution < -0.4 is 15.5 Å². The van der Waals surface area contributed by atoms with Crippen molar-refractivity contribution in [3.8, 4) is 0 Å². The Kier molecular flexibility index (Phi) is 4.90. The highest BCUT2D eigenvalue weighted by atomic mass is 19.4. The zero-order valence-electron chi connectivity index (χ0n) is 12.4. The number of amides is 1. The van der Waals surface area contributed by atoms with Crippen LogP contribution in [0.25, 0.3) is 0 Å². The summed E-state index contributed by atoms with van der Waals surface area (Å²) in [6.45, 7) is -0.0116. The number of hydrogen-bond donors (Lipinski definition) is 2. The SMILES string of the molecule is CN(C)c1ncccc1CNC(=O)[C@@H]1CNC[C@H]1C(F)(F)F. The summed E-state index contributed by atoms with van der Waals surface area (Å²) in [5, 5.41) is 5.23. The van der Waals surface area contributed by atoms with Crippen LogP contribution >= 0.6 is 0 Å². The van der Waals surface area contributed by atoms with E-state index in [4.69, 9.17) is 0 Å². The van der Waals surface area contributed by atoms with Gasteiger partial charge in [0.15, 0.2) is 0 Å². The van der Waals surface area contributed by atoms with Gasteiger partial charge < -0.3 is 15.5 Å². The first-order valence-corrected chi connectivity index (χ1v) is 6.97. The summed E-state index contributed by atoms with van der Waals surface area (Å²) in [6.07, 6.45) is -2.74. The van der Waals surface area contributed by atoms with E-state index in [9.17, 15) is 18.0 Å². The first-order chi connectivity index (χ1) is 10.3. The van der Waals surface area contributed by atoms with E-state index in [1.807, 2.05) is 14.1 Å². The van der Waals surface area contributed by atoms with Gasteiger partial charge in [0.2, 0.25) is 5.91 Å². The van der Waals surface area contributed by atoms with E-state index in [0.717, 1.165) is 5.56 Å². The van der Waals surface area contributed by atoms with Gasteiger partial charge in [-0.25, -0.2) is 4.98 Å². The average Bonchev–Trinajstić information content (AvgIpc) is 2.94. The third-order valence-electron chi connectivity index (χ3n) is 3.72. The summed E-state index contributed by atoms with van der Waals surface area (Å²) in [5.41, 5.74) is 0.760. The molecule has 2 N–H and O–H groups in total. The Bertz CT molecular complexity index is 533. The maximum atomic E-state index is 12.9. The van der Waals surface area contributed by atoms with Gasteiger partial charge in [-0.05, 0) is 6.07 Å². The Morgan fingerprint density at radius 2 is 2.18 bits per heavy atom. The molecule has 0 unspecified atom stereocenters. The van der Waals surface area contributed by atoms with Crippen molar-refractivity contribution in [1.82, 2.24) is 15.6 Å². The van der Waals surface area contributed by atoms with Crippen molar-refractivity contribution in [3.05, 3.63) is 23.9 Å². The zero-order valence-corrected chi connectivity index (χ0v) is 12.4. The number of nitrogens with zero attached hydrogens (tertiary/aromatic N) is 2. The van der Waals surface area contributed by atoms with Gasteiger partial charge in [0.1, 0.15) is 5.82 Å². The minimum atomic E-state index is -4.37. The standard InChI is InChI=1S/C14H19F3N4O/c1-21(2)12-9(4-3-5-19-12)6-20-13(22)10-7-18-8-11(10)14(15,16)17/h3-5,10-11,18H,6-8H2,1-2H3,(H,20,22)/t10-,11-/m1/s1. The number of carbonyl (C=O) groups is 1. The topological polar surface area (TPSA) is 57.3 Å². The van der Waals surface area contributed by atoms with E-state index in [-0.39, 0.29) is 19.6 Å². The summed E-state index contributed by atoms with van der Waals surface area (Å²) in [5.74, 6) is -2.62. The number of anilines is 1. The van der Waals surface area contributed by atoms with E-state index in [2.05, 4.69) is 15.6 Å². The van der Waals surface area contributed by atoms with E-state index < -0.39 is 23.9 Å². The molecule has 1 saturated heterocycles. The second-order valence-electron chi connectivity index (χ2n) is 5.51. The molecule has 0 aromatic carbocycles. The monoisotopic (exact) mass is 316 g/mol. The van der Waals surface area contributed by atoms with Crippen LogP contribution in [-0.4, -0.2) is 44.3 Å². The minimum Gasteiger partial charge on any atom is -0.362 e. The summed E-state index contributed by atoms with van der Waals surface area (Å²) in [4.78, 5) is 18.1. The lowest BCUT2D eigenvalue weighted by atomic mass is 9.94.